The van der Waals surface area contributed by atoms with E-state index in [4.69, 9.17) is 0 Å². The Bertz CT molecular complexity index is 925. The number of anilines is 1. The lowest BCUT2D eigenvalue weighted by atomic mass is 10.2. The predicted molar refractivity (Wildman–Crippen MR) is 75.1 cm³/mol. The van der Waals surface area contributed by atoms with Crippen LogP contribution in [0.25, 0.3) is 5.65 Å². The molecule has 0 radical (unpaired) electrons. The van der Waals surface area contributed by atoms with Crippen molar-refractivity contribution in [3.05, 3.63) is 52.1 Å². The van der Waals surface area contributed by atoms with Crippen LogP contribution in [-0.2, 0) is 7.05 Å². The minimum atomic E-state index is -0.602. The lowest BCUT2D eigenvalue weighted by molar-refractivity contribution is 0.102. The molecule has 0 fully saturated rings. The summed E-state index contributed by atoms with van der Waals surface area (Å²) in [6.45, 7) is 1.71. The van der Waals surface area contributed by atoms with E-state index in [2.05, 4.69) is 20.6 Å². The number of carbonyl (C=O) groups is 1. The molecule has 0 spiro atoms. The number of imidazole rings is 1. The van der Waals surface area contributed by atoms with Gasteiger partial charge in [0, 0.05) is 12.7 Å². The normalized spacial score (nSPS) is 10.9. The molecule has 1 aromatic carbocycles. The summed E-state index contributed by atoms with van der Waals surface area (Å²) in [6.07, 6.45) is 1.19. The first-order valence-corrected chi connectivity index (χ1v) is 6.31. The molecule has 112 valence electrons. The van der Waals surface area contributed by atoms with Gasteiger partial charge in [-0.3, -0.25) is 4.79 Å². The number of nitrogens with one attached hydrogen (secondary N) is 1. The zero-order chi connectivity index (χ0) is 15.9. The van der Waals surface area contributed by atoms with Gasteiger partial charge in [-0.05, 0) is 30.7 Å². The standard InChI is InChI=1S/C13H11FN6O2/c1-7-3-8(14)5-9(4-7)16-12(21)10-11-17-18-19(2)13(22)20(11)6-15-10/h3-6H,1-2H3,(H,16,21). The number of fused-ring (bicyclic) bond motifs is 1. The Kier molecular flexibility index (Phi) is 3.17. The molecule has 22 heavy (non-hydrogen) atoms. The summed E-state index contributed by atoms with van der Waals surface area (Å²) in [4.78, 5) is 27.9. The van der Waals surface area contributed by atoms with Crippen LogP contribution < -0.4 is 11.0 Å². The summed E-state index contributed by atoms with van der Waals surface area (Å²) in [5.74, 6) is -1.06. The molecule has 0 saturated heterocycles. The maximum Gasteiger partial charge on any atom is 0.352 e. The molecule has 0 unspecified atom stereocenters. The van der Waals surface area contributed by atoms with Crippen LogP contribution in [0.5, 0.6) is 0 Å². The Hall–Kier alpha value is -3.10. The third-order valence-corrected chi connectivity index (χ3v) is 3.01. The quantitative estimate of drug-likeness (QED) is 0.745. The second-order valence-electron chi connectivity index (χ2n) is 4.75. The van der Waals surface area contributed by atoms with Crippen LogP contribution in [0.1, 0.15) is 16.1 Å². The second-order valence-corrected chi connectivity index (χ2v) is 4.75. The number of halogens is 1. The molecule has 8 nitrogen and oxygen atoms in total. The second kappa shape index (κ2) is 5.02. The summed E-state index contributed by atoms with van der Waals surface area (Å²) < 4.78 is 15.5. The van der Waals surface area contributed by atoms with E-state index in [1.807, 2.05) is 0 Å². The highest BCUT2D eigenvalue weighted by Crippen LogP contribution is 2.15. The molecular formula is C13H11FN6O2. The highest BCUT2D eigenvalue weighted by atomic mass is 19.1. The zero-order valence-electron chi connectivity index (χ0n) is 11.7. The molecule has 9 heteroatoms. The number of amides is 1. The Morgan fingerprint density at radius 1 is 1.32 bits per heavy atom. The van der Waals surface area contributed by atoms with Gasteiger partial charge in [0.15, 0.2) is 11.3 Å². The van der Waals surface area contributed by atoms with Crippen LogP contribution in [-0.4, -0.2) is 30.3 Å². The average molecular weight is 302 g/mol. The maximum absolute atomic E-state index is 13.3. The molecule has 2 aromatic heterocycles. The third kappa shape index (κ3) is 2.32. The van der Waals surface area contributed by atoms with E-state index in [9.17, 15) is 14.0 Å². The topological polar surface area (TPSA) is 94.2 Å². The predicted octanol–water partition coefficient (Wildman–Crippen LogP) is 0.523. The van der Waals surface area contributed by atoms with Crippen LogP contribution in [0.2, 0.25) is 0 Å². The van der Waals surface area contributed by atoms with E-state index in [-0.39, 0.29) is 11.3 Å². The van der Waals surface area contributed by atoms with E-state index < -0.39 is 17.4 Å². The van der Waals surface area contributed by atoms with E-state index in [0.29, 0.717) is 11.3 Å². The fourth-order valence-electron chi connectivity index (χ4n) is 2.04. The fourth-order valence-corrected chi connectivity index (χ4v) is 2.04. The molecule has 2 heterocycles. The van der Waals surface area contributed by atoms with E-state index in [1.54, 1.807) is 13.0 Å². The van der Waals surface area contributed by atoms with Gasteiger partial charge >= 0.3 is 5.69 Å². The Morgan fingerprint density at radius 2 is 2.09 bits per heavy atom. The molecule has 0 bridgehead atoms. The van der Waals surface area contributed by atoms with Gasteiger partial charge in [-0.25, -0.2) is 18.6 Å². The molecule has 0 atom stereocenters. The molecule has 0 saturated carbocycles. The molecule has 0 aliphatic heterocycles. The van der Waals surface area contributed by atoms with Crippen molar-refractivity contribution < 1.29 is 9.18 Å². The largest absolute Gasteiger partial charge is 0.352 e. The first-order chi connectivity index (χ1) is 10.5. The minimum Gasteiger partial charge on any atom is -0.320 e. The van der Waals surface area contributed by atoms with Crippen molar-refractivity contribution in [2.45, 2.75) is 6.92 Å². The minimum absolute atomic E-state index is 0.0359. The number of hydrogen-bond donors (Lipinski definition) is 1. The lowest BCUT2D eigenvalue weighted by Gasteiger charge is -2.05. The molecule has 0 aliphatic carbocycles. The van der Waals surface area contributed by atoms with Gasteiger partial charge in [-0.1, -0.05) is 5.21 Å². The number of aryl methyl sites for hydroxylation is 2. The van der Waals surface area contributed by atoms with Gasteiger partial charge < -0.3 is 5.32 Å². The Labute approximate surface area is 123 Å². The van der Waals surface area contributed by atoms with Crippen molar-refractivity contribution >= 4 is 17.2 Å². The summed E-state index contributed by atoms with van der Waals surface area (Å²) >= 11 is 0. The molecule has 0 aliphatic rings. The van der Waals surface area contributed by atoms with Crippen LogP contribution in [0.3, 0.4) is 0 Å². The summed E-state index contributed by atoms with van der Waals surface area (Å²) in [6, 6.07) is 4.15. The number of benzene rings is 1. The Morgan fingerprint density at radius 3 is 2.82 bits per heavy atom. The number of carbonyl (C=O) groups excluding carboxylic acids is 1. The van der Waals surface area contributed by atoms with Crippen LogP contribution in [0.4, 0.5) is 10.1 Å². The van der Waals surface area contributed by atoms with E-state index in [1.165, 1.54) is 25.5 Å². The van der Waals surface area contributed by atoms with Crippen molar-refractivity contribution in [1.82, 2.24) is 24.4 Å². The summed E-state index contributed by atoms with van der Waals surface area (Å²) in [5.41, 5.74) is 0.457. The maximum atomic E-state index is 13.3. The van der Waals surface area contributed by atoms with Gasteiger partial charge in [0.25, 0.3) is 5.91 Å². The third-order valence-electron chi connectivity index (χ3n) is 3.01. The van der Waals surface area contributed by atoms with Gasteiger partial charge in [-0.2, -0.15) is 4.68 Å². The van der Waals surface area contributed by atoms with Gasteiger partial charge in [0.2, 0.25) is 0 Å². The van der Waals surface area contributed by atoms with Crippen molar-refractivity contribution in [2.24, 2.45) is 7.05 Å². The first-order valence-electron chi connectivity index (χ1n) is 6.31. The fraction of sp³-hybridized carbons (Fsp3) is 0.154. The van der Waals surface area contributed by atoms with Crippen molar-refractivity contribution in [1.29, 1.82) is 0 Å². The summed E-state index contributed by atoms with van der Waals surface area (Å²) in [7, 11) is 1.43. The average Bonchev–Trinajstić information content (AvgIpc) is 2.86. The van der Waals surface area contributed by atoms with Crippen molar-refractivity contribution in [3.8, 4) is 0 Å². The highest BCUT2D eigenvalue weighted by molar-refractivity contribution is 6.06. The number of nitrogens with zero attached hydrogens (tertiary/aromatic N) is 5. The molecule has 3 aromatic rings. The monoisotopic (exact) mass is 302 g/mol. The van der Waals surface area contributed by atoms with Crippen LogP contribution >= 0.6 is 0 Å². The SMILES string of the molecule is Cc1cc(F)cc(NC(=O)c2ncn3c(=O)n(C)nnc23)c1. The van der Waals surface area contributed by atoms with Crippen molar-refractivity contribution in [3.63, 3.8) is 0 Å². The van der Waals surface area contributed by atoms with E-state index in [0.717, 1.165) is 9.08 Å². The van der Waals surface area contributed by atoms with Gasteiger partial charge in [0.05, 0.1) is 0 Å². The molecule has 1 amide bonds. The number of aromatic nitrogens is 5. The van der Waals surface area contributed by atoms with Gasteiger partial charge in [-0.15, -0.1) is 5.10 Å². The number of rotatable bonds is 2. The molecular weight excluding hydrogens is 291 g/mol. The van der Waals surface area contributed by atoms with Crippen LogP contribution in [0, 0.1) is 12.7 Å². The zero-order valence-corrected chi connectivity index (χ0v) is 11.7. The molecule has 1 N–H and O–H groups in total. The lowest BCUT2D eigenvalue weighted by Crippen LogP contribution is -2.27. The molecule has 3 rings (SSSR count). The number of hydrogen-bond acceptors (Lipinski definition) is 5. The van der Waals surface area contributed by atoms with Crippen LogP contribution in [0.15, 0.2) is 29.3 Å². The summed E-state index contributed by atoms with van der Waals surface area (Å²) in [5, 5.41) is 9.91. The van der Waals surface area contributed by atoms with Crippen molar-refractivity contribution in [2.75, 3.05) is 5.32 Å². The highest BCUT2D eigenvalue weighted by Gasteiger charge is 2.17. The first kappa shape index (κ1) is 13.9. The Balaban J connectivity index is 1.99. The van der Waals surface area contributed by atoms with Gasteiger partial charge in [0.1, 0.15) is 12.1 Å². The smallest absolute Gasteiger partial charge is 0.320 e. The van der Waals surface area contributed by atoms with E-state index >= 15 is 0 Å².